The minimum atomic E-state index is 0.414. The monoisotopic (exact) mass is 324 g/mol. The van der Waals surface area contributed by atoms with Gasteiger partial charge in [-0.25, -0.2) is 4.98 Å². The summed E-state index contributed by atoms with van der Waals surface area (Å²) in [5.41, 5.74) is 2.07. The molecule has 0 saturated carbocycles. The highest BCUT2D eigenvalue weighted by Crippen LogP contribution is 2.23. The molecule has 21 heavy (non-hydrogen) atoms. The zero-order valence-electron chi connectivity index (χ0n) is 11.9. The maximum absolute atomic E-state index is 6.20. The molecule has 2 rings (SSSR count). The fourth-order valence-corrected chi connectivity index (χ4v) is 2.18. The number of pyridine rings is 1. The average Bonchev–Trinajstić information content (AvgIpc) is 2.48. The van der Waals surface area contributed by atoms with Crippen LogP contribution in [0.4, 0.5) is 0 Å². The van der Waals surface area contributed by atoms with Crippen molar-refractivity contribution in [1.29, 1.82) is 0 Å². The lowest BCUT2D eigenvalue weighted by Crippen LogP contribution is -2.14. The van der Waals surface area contributed by atoms with E-state index in [2.05, 4.69) is 17.2 Å². The van der Waals surface area contributed by atoms with E-state index in [0.717, 1.165) is 30.6 Å². The van der Waals surface area contributed by atoms with E-state index in [0.29, 0.717) is 22.5 Å². The van der Waals surface area contributed by atoms with E-state index in [9.17, 15) is 0 Å². The van der Waals surface area contributed by atoms with Crippen molar-refractivity contribution in [2.75, 3.05) is 6.54 Å². The minimum absolute atomic E-state index is 0.414. The van der Waals surface area contributed by atoms with Crippen LogP contribution in [0.15, 0.2) is 36.5 Å². The summed E-state index contributed by atoms with van der Waals surface area (Å²) in [6.07, 6.45) is 2.88. The lowest BCUT2D eigenvalue weighted by Gasteiger charge is -2.09. The summed E-state index contributed by atoms with van der Waals surface area (Å²) in [5, 5.41) is 4.54. The predicted octanol–water partition coefficient (Wildman–Crippen LogP) is 4.47. The van der Waals surface area contributed by atoms with Crippen molar-refractivity contribution in [3.63, 3.8) is 0 Å². The predicted molar refractivity (Wildman–Crippen MR) is 87.0 cm³/mol. The lowest BCUT2D eigenvalue weighted by molar-refractivity contribution is 0.294. The molecule has 0 amide bonds. The van der Waals surface area contributed by atoms with Crippen LogP contribution < -0.4 is 10.1 Å². The van der Waals surface area contributed by atoms with E-state index >= 15 is 0 Å². The maximum atomic E-state index is 6.20. The molecule has 0 radical (unpaired) electrons. The third-order valence-electron chi connectivity index (χ3n) is 2.91. The lowest BCUT2D eigenvalue weighted by atomic mass is 10.2. The van der Waals surface area contributed by atoms with Crippen LogP contribution in [-0.4, -0.2) is 11.5 Å². The highest BCUT2D eigenvalue weighted by atomic mass is 35.5. The molecule has 0 fully saturated rings. The Hall–Kier alpha value is -1.29. The Morgan fingerprint density at radius 1 is 1.14 bits per heavy atom. The normalized spacial score (nSPS) is 10.6. The van der Waals surface area contributed by atoms with Gasteiger partial charge in [0.2, 0.25) is 5.88 Å². The first-order valence-electron chi connectivity index (χ1n) is 6.91. The SMILES string of the molecule is CCCNCc1cnc(OCc2ccc(Cl)cc2)c(Cl)c1. The van der Waals surface area contributed by atoms with Gasteiger partial charge < -0.3 is 10.1 Å². The highest BCUT2D eigenvalue weighted by Gasteiger charge is 2.05. The van der Waals surface area contributed by atoms with Gasteiger partial charge in [-0.3, -0.25) is 0 Å². The van der Waals surface area contributed by atoms with E-state index in [-0.39, 0.29) is 0 Å². The fourth-order valence-electron chi connectivity index (χ4n) is 1.81. The van der Waals surface area contributed by atoms with E-state index < -0.39 is 0 Å². The van der Waals surface area contributed by atoms with Crippen LogP contribution in [-0.2, 0) is 13.2 Å². The van der Waals surface area contributed by atoms with Crippen molar-refractivity contribution in [3.05, 3.63) is 57.7 Å². The molecular formula is C16H18Cl2N2O. The van der Waals surface area contributed by atoms with Gasteiger partial charge in [0, 0.05) is 17.8 Å². The number of rotatable bonds is 7. The van der Waals surface area contributed by atoms with E-state index in [1.807, 2.05) is 30.3 Å². The Kier molecular flexibility index (Phi) is 6.30. The van der Waals surface area contributed by atoms with E-state index in [1.165, 1.54) is 0 Å². The second kappa shape index (κ2) is 8.23. The Balaban J connectivity index is 1.92. The molecule has 0 spiro atoms. The third kappa shape index (κ3) is 5.20. The number of benzene rings is 1. The zero-order chi connectivity index (χ0) is 15.1. The highest BCUT2D eigenvalue weighted by molar-refractivity contribution is 6.31. The van der Waals surface area contributed by atoms with Gasteiger partial charge in [-0.1, -0.05) is 42.3 Å². The number of nitrogens with one attached hydrogen (secondary N) is 1. The quantitative estimate of drug-likeness (QED) is 0.763. The maximum Gasteiger partial charge on any atom is 0.232 e. The van der Waals surface area contributed by atoms with Crippen LogP contribution in [0.5, 0.6) is 5.88 Å². The van der Waals surface area contributed by atoms with Gasteiger partial charge in [0.05, 0.1) is 0 Å². The molecule has 112 valence electrons. The molecule has 0 aliphatic carbocycles. The summed E-state index contributed by atoms with van der Waals surface area (Å²) in [7, 11) is 0. The molecule has 1 aromatic carbocycles. The van der Waals surface area contributed by atoms with Gasteiger partial charge >= 0.3 is 0 Å². The summed E-state index contributed by atoms with van der Waals surface area (Å²) in [6.45, 7) is 4.29. The van der Waals surface area contributed by atoms with Gasteiger partial charge in [-0.05, 0) is 42.3 Å². The number of aromatic nitrogens is 1. The molecule has 0 atom stereocenters. The van der Waals surface area contributed by atoms with Gasteiger partial charge in [0.15, 0.2) is 0 Å². The van der Waals surface area contributed by atoms with Crippen molar-refractivity contribution >= 4 is 23.2 Å². The number of hydrogen-bond donors (Lipinski definition) is 1. The number of halogens is 2. The summed E-state index contributed by atoms with van der Waals surface area (Å²) in [5.74, 6) is 0.450. The molecule has 1 N–H and O–H groups in total. The van der Waals surface area contributed by atoms with Crippen molar-refractivity contribution in [3.8, 4) is 5.88 Å². The molecule has 2 aromatic rings. The van der Waals surface area contributed by atoms with Gasteiger partial charge in [-0.15, -0.1) is 0 Å². The van der Waals surface area contributed by atoms with E-state index in [1.54, 1.807) is 6.20 Å². The molecule has 0 unspecified atom stereocenters. The van der Waals surface area contributed by atoms with Crippen LogP contribution in [0.3, 0.4) is 0 Å². The number of hydrogen-bond acceptors (Lipinski definition) is 3. The molecule has 5 heteroatoms. The smallest absolute Gasteiger partial charge is 0.232 e. The second-order valence-corrected chi connectivity index (χ2v) is 5.57. The van der Waals surface area contributed by atoms with Crippen molar-refractivity contribution in [2.24, 2.45) is 0 Å². The summed E-state index contributed by atoms with van der Waals surface area (Å²) in [4.78, 5) is 4.27. The van der Waals surface area contributed by atoms with Gasteiger partial charge in [-0.2, -0.15) is 0 Å². The van der Waals surface area contributed by atoms with Crippen molar-refractivity contribution in [2.45, 2.75) is 26.5 Å². The Morgan fingerprint density at radius 3 is 2.57 bits per heavy atom. The number of nitrogens with zero attached hydrogens (tertiary/aromatic N) is 1. The number of ether oxygens (including phenoxy) is 1. The van der Waals surface area contributed by atoms with Crippen molar-refractivity contribution in [1.82, 2.24) is 10.3 Å². The molecule has 0 saturated heterocycles. The Labute approximate surface area is 135 Å². The zero-order valence-corrected chi connectivity index (χ0v) is 13.4. The first-order chi connectivity index (χ1) is 10.2. The van der Waals surface area contributed by atoms with Crippen LogP contribution in [0.1, 0.15) is 24.5 Å². The Bertz CT molecular complexity index is 573. The summed E-state index contributed by atoms with van der Waals surface area (Å²) < 4.78 is 5.64. The molecule has 0 aliphatic heterocycles. The fraction of sp³-hybridized carbons (Fsp3) is 0.312. The molecule has 0 aliphatic rings. The van der Waals surface area contributed by atoms with E-state index in [4.69, 9.17) is 27.9 Å². The van der Waals surface area contributed by atoms with Gasteiger partial charge in [0.1, 0.15) is 11.6 Å². The van der Waals surface area contributed by atoms with Crippen molar-refractivity contribution < 1.29 is 4.74 Å². The Morgan fingerprint density at radius 2 is 1.90 bits per heavy atom. The topological polar surface area (TPSA) is 34.2 Å². The molecule has 1 aromatic heterocycles. The molecule has 1 heterocycles. The first-order valence-corrected chi connectivity index (χ1v) is 7.67. The van der Waals surface area contributed by atoms with Crippen LogP contribution >= 0.6 is 23.2 Å². The average molecular weight is 325 g/mol. The van der Waals surface area contributed by atoms with Crippen LogP contribution in [0.2, 0.25) is 10.0 Å². The van der Waals surface area contributed by atoms with Crippen LogP contribution in [0.25, 0.3) is 0 Å². The molecule has 0 bridgehead atoms. The summed E-state index contributed by atoms with van der Waals surface area (Å²) in [6, 6.07) is 9.38. The second-order valence-electron chi connectivity index (χ2n) is 4.72. The minimum Gasteiger partial charge on any atom is -0.472 e. The summed E-state index contributed by atoms with van der Waals surface area (Å²) >= 11 is 12.0. The standard InChI is InChI=1S/C16H18Cl2N2O/c1-2-7-19-9-13-8-15(18)16(20-10-13)21-11-12-3-5-14(17)6-4-12/h3-6,8,10,19H,2,7,9,11H2,1H3. The third-order valence-corrected chi connectivity index (χ3v) is 3.43. The first kappa shape index (κ1) is 16.1. The van der Waals surface area contributed by atoms with Gasteiger partial charge in [0.25, 0.3) is 0 Å². The molecule has 3 nitrogen and oxygen atoms in total. The molecular weight excluding hydrogens is 307 g/mol. The largest absolute Gasteiger partial charge is 0.472 e. The van der Waals surface area contributed by atoms with Crippen LogP contribution in [0, 0.1) is 0 Å².